The van der Waals surface area contributed by atoms with Crippen LogP contribution < -0.4 is 5.32 Å². The van der Waals surface area contributed by atoms with Crippen LogP contribution in [0.4, 0.5) is 0 Å². The Morgan fingerprint density at radius 3 is 2.81 bits per heavy atom. The van der Waals surface area contributed by atoms with Crippen molar-refractivity contribution in [2.24, 2.45) is 7.05 Å². The average molecular weight is 221 g/mol. The van der Waals surface area contributed by atoms with Gasteiger partial charge in [-0.1, -0.05) is 0 Å². The van der Waals surface area contributed by atoms with E-state index in [1.54, 1.807) is 7.11 Å². The molecule has 0 amide bonds. The van der Waals surface area contributed by atoms with E-state index in [4.69, 9.17) is 10.00 Å². The molecule has 1 N–H and O–H groups in total. The highest BCUT2D eigenvalue weighted by molar-refractivity contribution is 5.34. The van der Waals surface area contributed by atoms with Gasteiger partial charge in [-0.15, -0.1) is 0 Å². The molecule has 1 heterocycles. The van der Waals surface area contributed by atoms with Gasteiger partial charge < -0.3 is 14.6 Å². The van der Waals surface area contributed by atoms with Crippen molar-refractivity contribution >= 4 is 0 Å². The van der Waals surface area contributed by atoms with Crippen LogP contribution in [-0.4, -0.2) is 24.3 Å². The predicted molar refractivity (Wildman–Crippen MR) is 63.0 cm³/mol. The number of ether oxygens (including phenoxy) is 1. The molecule has 4 nitrogen and oxygen atoms in total. The molecule has 1 aromatic rings. The monoisotopic (exact) mass is 221 g/mol. The average Bonchev–Trinajstić information content (AvgIpc) is 2.54. The molecule has 1 rings (SSSR count). The molecule has 0 saturated carbocycles. The smallest absolute Gasteiger partial charge is 0.120 e. The third kappa shape index (κ3) is 2.84. The lowest BCUT2D eigenvalue weighted by Crippen LogP contribution is -2.29. The Kier molecular flexibility index (Phi) is 4.53. The van der Waals surface area contributed by atoms with E-state index in [1.807, 2.05) is 24.6 Å². The summed E-state index contributed by atoms with van der Waals surface area (Å²) in [5.74, 6) is 0. The van der Waals surface area contributed by atoms with E-state index in [1.165, 1.54) is 5.56 Å². The molecule has 1 aromatic heterocycles. The molecule has 4 heteroatoms. The Morgan fingerprint density at radius 2 is 2.31 bits per heavy atom. The summed E-state index contributed by atoms with van der Waals surface area (Å²) in [5.41, 5.74) is 3.00. The lowest BCUT2D eigenvalue weighted by atomic mass is 10.2. The molecule has 0 radical (unpaired) electrons. The minimum Gasteiger partial charge on any atom is -0.383 e. The fourth-order valence-corrected chi connectivity index (χ4v) is 1.64. The van der Waals surface area contributed by atoms with Crippen LogP contribution in [0.25, 0.3) is 0 Å². The zero-order valence-corrected chi connectivity index (χ0v) is 10.4. The summed E-state index contributed by atoms with van der Waals surface area (Å²) >= 11 is 0. The molecule has 0 aliphatic rings. The number of rotatable bonds is 5. The lowest BCUT2D eigenvalue weighted by molar-refractivity contribution is 0.171. The Hall–Kier alpha value is -1.31. The standard InChI is InChI=1S/C12H19N3O/c1-9(8-16-4)14-7-11-5-12(6-13)15(3)10(11)2/h5,9,14H,7-8H2,1-4H3. The van der Waals surface area contributed by atoms with Crippen molar-refractivity contribution in [2.45, 2.75) is 26.4 Å². The SMILES string of the molecule is COCC(C)NCc1cc(C#N)n(C)c1C. The van der Waals surface area contributed by atoms with Gasteiger partial charge in [0.1, 0.15) is 11.8 Å². The molecule has 16 heavy (non-hydrogen) atoms. The first kappa shape index (κ1) is 12.8. The third-order valence-corrected chi connectivity index (χ3v) is 2.81. The van der Waals surface area contributed by atoms with Crippen molar-refractivity contribution in [3.05, 3.63) is 23.0 Å². The molecule has 0 fully saturated rings. The maximum Gasteiger partial charge on any atom is 0.120 e. The summed E-state index contributed by atoms with van der Waals surface area (Å²) in [4.78, 5) is 0. The molecule has 0 spiro atoms. The van der Waals surface area contributed by atoms with Crippen LogP contribution in [0.1, 0.15) is 23.9 Å². The Balaban J connectivity index is 2.65. The molecule has 0 bridgehead atoms. The van der Waals surface area contributed by atoms with E-state index < -0.39 is 0 Å². The van der Waals surface area contributed by atoms with E-state index in [0.717, 1.165) is 12.2 Å². The second-order valence-corrected chi connectivity index (χ2v) is 4.05. The van der Waals surface area contributed by atoms with Crippen molar-refractivity contribution in [1.82, 2.24) is 9.88 Å². The molecule has 1 atom stereocenters. The molecule has 0 aliphatic carbocycles. The van der Waals surface area contributed by atoms with Gasteiger partial charge in [-0.3, -0.25) is 0 Å². The van der Waals surface area contributed by atoms with Crippen molar-refractivity contribution in [1.29, 1.82) is 5.26 Å². The highest BCUT2D eigenvalue weighted by atomic mass is 16.5. The Labute approximate surface area is 96.8 Å². The van der Waals surface area contributed by atoms with Gasteiger partial charge in [-0.2, -0.15) is 5.26 Å². The summed E-state index contributed by atoms with van der Waals surface area (Å²) in [6.07, 6.45) is 0. The fourth-order valence-electron chi connectivity index (χ4n) is 1.64. The number of nitriles is 1. The maximum absolute atomic E-state index is 8.91. The van der Waals surface area contributed by atoms with Crippen molar-refractivity contribution in [2.75, 3.05) is 13.7 Å². The first-order chi connectivity index (χ1) is 7.60. The molecule has 1 unspecified atom stereocenters. The number of hydrogen-bond acceptors (Lipinski definition) is 3. The highest BCUT2D eigenvalue weighted by Crippen LogP contribution is 2.13. The number of hydrogen-bond donors (Lipinski definition) is 1. The summed E-state index contributed by atoms with van der Waals surface area (Å²) in [5, 5.41) is 12.3. The predicted octanol–water partition coefficient (Wildman–Crippen LogP) is 1.33. The van der Waals surface area contributed by atoms with E-state index in [9.17, 15) is 0 Å². The number of aromatic nitrogens is 1. The van der Waals surface area contributed by atoms with Gasteiger partial charge in [-0.25, -0.2) is 0 Å². The van der Waals surface area contributed by atoms with E-state index in [0.29, 0.717) is 18.3 Å². The first-order valence-corrected chi connectivity index (χ1v) is 5.37. The molecule has 88 valence electrons. The molecule has 0 aromatic carbocycles. The Bertz CT molecular complexity index is 390. The quantitative estimate of drug-likeness (QED) is 0.816. The second kappa shape index (κ2) is 5.69. The van der Waals surface area contributed by atoms with Gasteiger partial charge in [0, 0.05) is 32.4 Å². The highest BCUT2D eigenvalue weighted by Gasteiger charge is 2.09. The second-order valence-electron chi connectivity index (χ2n) is 4.05. The van der Waals surface area contributed by atoms with Gasteiger partial charge >= 0.3 is 0 Å². The summed E-state index contributed by atoms with van der Waals surface area (Å²) < 4.78 is 6.97. The van der Waals surface area contributed by atoms with Gasteiger partial charge in [0.2, 0.25) is 0 Å². The van der Waals surface area contributed by atoms with E-state index in [2.05, 4.69) is 18.3 Å². The third-order valence-electron chi connectivity index (χ3n) is 2.81. The minimum absolute atomic E-state index is 0.315. The van der Waals surface area contributed by atoms with Gasteiger partial charge in [0.15, 0.2) is 0 Å². The van der Waals surface area contributed by atoms with E-state index >= 15 is 0 Å². The van der Waals surface area contributed by atoms with Crippen LogP contribution in [-0.2, 0) is 18.3 Å². The maximum atomic E-state index is 8.91. The normalized spacial score (nSPS) is 12.4. The minimum atomic E-state index is 0.315. The van der Waals surface area contributed by atoms with Crippen molar-refractivity contribution < 1.29 is 4.74 Å². The largest absolute Gasteiger partial charge is 0.383 e. The van der Waals surface area contributed by atoms with Gasteiger partial charge in [0.05, 0.1) is 6.61 Å². The lowest BCUT2D eigenvalue weighted by Gasteiger charge is -2.12. The molecular formula is C12H19N3O. The van der Waals surface area contributed by atoms with Crippen LogP contribution in [0, 0.1) is 18.3 Å². The topological polar surface area (TPSA) is 50.0 Å². The zero-order valence-electron chi connectivity index (χ0n) is 10.4. The van der Waals surface area contributed by atoms with Crippen molar-refractivity contribution in [3.63, 3.8) is 0 Å². The van der Waals surface area contributed by atoms with Crippen LogP contribution in [0.5, 0.6) is 0 Å². The van der Waals surface area contributed by atoms with Crippen molar-refractivity contribution in [3.8, 4) is 6.07 Å². The van der Waals surface area contributed by atoms with Crippen LogP contribution in [0.3, 0.4) is 0 Å². The van der Waals surface area contributed by atoms with Crippen LogP contribution >= 0.6 is 0 Å². The Morgan fingerprint density at radius 1 is 1.62 bits per heavy atom. The number of methoxy groups -OCH3 is 1. The van der Waals surface area contributed by atoms with Crippen LogP contribution in [0.2, 0.25) is 0 Å². The zero-order chi connectivity index (χ0) is 12.1. The number of nitrogens with zero attached hydrogens (tertiary/aromatic N) is 2. The summed E-state index contributed by atoms with van der Waals surface area (Å²) in [6, 6.07) is 4.43. The number of nitrogens with one attached hydrogen (secondary N) is 1. The summed E-state index contributed by atoms with van der Waals surface area (Å²) in [6.45, 7) is 5.56. The molecule has 0 saturated heterocycles. The van der Waals surface area contributed by atoms with Gasteiger partial charge in [-0.05, 0) is 25.5 Å². The van der Waals surface area contributed by atoms with Crippen LogP contribution in [0.15, 0.2) is 6.07 Å². The molecular weight excluding hydrogens is 202 g/mol. The molecule has 0 aliphatic heterocycles. The summed E-state index contributed by atoms with van der Waals surface area (Å²) in [7, 11) is 3.61. The first-order valence-electron chi connectivity index (χ1n) is 5.37. The fraction of sp³-hybridized carbons (Fsp3) is 0.583. The van der Waals surface area contributed by atoms with Gasteiger partial charge in [0.25, 0.3) is 0 Å². The van der Waals surface area contributed by atoms with E-state index in [-0.39, 0.29) is 0 Å².